The van der Waals surface area contributed by atoms with Gasteiger partial charge < -0.3 is 10.2 Å². The van der Waals surface area contributed by atoms with Gasteiger partial charge in [0.1, 0.15) is 0 Å². The molecule has 2 aromatic heterocycles. The van der Waals surface area contributed by atoms with Crippen molar-refractivity contribution < 1.29 is 13.2 Å². The lowest BCUT2D eigenvalue weighted by Gasteiger charge is -2.28. The SMILES string of the molecule is N#Cc1cc2nc(N3CCNCC3)c3nnnn3c2cc1C(F)(F)F. The largest absolute Gasteiger partial charge is 0.417 e. The fraction of sp³-hybridized carbons (Fsp3) is 0.357. The van der Waals surface area contributed by atoms with Crippen LogP contribution in [0.5, 0.6) is 0 Å². The summed E-state index contributed by atoms with van der Waals surface area (Å²) in [7, 11) is 0. The molecule has 1 saturated heterocycles. The molecule has 8 nitrogen and oxygen atoms in total. The van der Waals surface area contributed by atoms with Crippen LogP contribution in [0.25, 0.3) is 16.7 Å². The van der Waals surface area contributed by atoms with E-state index in [4.69, 9.17) is 5.26 Å². The number of anilines is 1. The van der Waals surface area contributed by atoms with Crippen molar-refractivity contribution in [3.05, 3.63) is 23.3 Å². The summed E-state index contributed by atoms with van der Waals surface area (Å²) < 4.78 is 40.9. The molecule has 1 N–H and O–H groups in total. The molecule has 0 spiro atoms. The highest BCUT2D eigenvalue weighted by Gasteiger charge is 2.34. The first kappa shape index (κ1) is 15.5. The molecule has 0 unspecified atom stereocenters. The van der Waals surface area contributed by atoms with Crippen molar-refractivity contribution >= 4 is 22.5 Å². The van der Waals surface area contributed by atoms with E-state index in [1.54, 1.807) is 6.07 Å². The van der Waals surface area contributed by atoms with E-state index in [1.807, 2.05) is 4.90 Å². The van der Waals surface area contributed by atoms with E-state index in [9.17, 15) is 13.2 Å². The molecule has 1 aromatic carbocycles. The Labute approximate surface area is 138 Å². The lowest BCUT2D eigenvalue weighted by Crippen LogP contribution is -2.44. The Balaban J connectivity index is 2.01. The number of aromatic nitrogens is 5. The molecule has 0 radical (unpaired) electrons. The van der Waals surface area contributed by atoms with Crippen molar-refractivity contribution in [1.29, 1.82) is 5.26 Å². The number of benzene rings is 1. The number of tetrazole rings is 1. The van der Waals surface area contributed by atoms with Crippen molar-refractivity contribution in [2.75, 3.05) is 31.1 Å². The van der Waals surface area contributed by atoms with Crippen LogP contribution in [0, 0.1) is 11.3 Å². The first-order valence-electron chi connectivity index (χ1n) is 7.48. The van der Waals surface area contributed by atoms with E-state index < -0.39 is 17.3 Å². The highest BCUT2D eigenvalue weighted by Crippen LogP contribution is 2.35. The lowest BCUT2D eigenvalue weighted by molar-refractivity contribution is -0.137. The fourth-order valence-electron chi connectivity index (χ4n) is 2.90. The normalized spacial score (nSPS) is 15.7. The van der Waals surface area contributed by atoms with Crippen LogP contribution >= 0.6 is 0 Å². The molecule has 25 heavy (non-hydrogen) atoms. The first-order chi connectivity index (χ1) is 12.0. The zero-order valence-electron chi connectivity index (χ0n) is 12.7. The highest BCUT2D eigenvalue weighted by atomic mass is 19.4. The zero-order valence-corrected chi connectivity index (χ0v) is 12.7. The molecular formula is C14H11F3N8. The van der Waals surface area contributed by atoms with Crippen LogP contribution in [0.3, 0.4) is 0 Å². The summed E-state index contributed by atoms with van der Waals surface area (Å²) >= 11 is 0. The predicted octanol–water partition coefficient (Wildman–Crippen LogP) is 0.973. The predicted molar refractivity (Wildman–Crippen MR) is 80.9 cm³/mol. The third kappa shape index (κ3) is 2.51. The second-order valence-electron chi connectivity index (χ2n) is 5.58. The van der Waals surface area contributed by atoms with Gasteiger partial charge in [0.05, 0.1) is 28.2 Å². The van der Waals surface area contributed by atoms with Gasteiger partial charge in [-0.05, 0) is 22.6 Å². The van der Waals surface area contributed by atoms with Gasteiger partial charge in [-0.25, -0.2) is 4.98 Å². The van der Waals surface area contributed by atoms with Crippen LogP contribution in [0.2, 0.25) is 0 Å². The average Bonchev–Trinajstić information content (AvgIpc) is 3.09. The first-order valence-corrected chi connectivity index (χ1v) is 7.48. The summed E-state index contributed by atoms with van der Waals surface area (Å²) in [6, 6.07) is 3.59. The molecule has 0 amide bonds. The maximum Gasteiger partial charge on any atom is 0.417 e. The monoisotopic (exact) mass is 348 g/mol. The summed E-state index contributed by atoms with van der Waals surface area (Å²) in [5, 5.41) is 23.6. The maximum absolute atomic E-state index is 13.2. The number of hydrogen-bond acceptors (Lipinski definition) is 7. The number of fused-ring (bicyclic) bond motifs is 3. The molecule has 4 rings (SSSR count). The number of alkyl halides is 3. The Hall–Kier alpha value is -3.00. The van der Waals surface area contributed by atoms with Gasteiger partial charge in [0.25, 0.3) is 0 Å². The Morgan fingerprint density at radius 1 is 1.20 bits per heavy atom. The van der Waals surface area contributed by atoms with Crippen molar-refractivity contribution in [2.45, 2.75) is 6.18 Å². The molecule has 0 aliphatic carbocycles. The van der Waals surface area contributed by atoms with E-state index in [2.05, 4.69) is 25.8 Å². The summed E-state index contributed by atoms with van der Waals surface area (Å²) in [5.74, 6) is 0.489. The van der Waals surface area contributed by atoms with Crippen molar-refractivity contribution in [1.82, 2.24) is 30.3 Å². The lowest BCUT2D eigenvalue weighted by atomic mass is 10.1. The van der Waals surface area contributed by atoms with Crippen LogP contribution in [-0.4, -0.2) is 51.2 Å². The van der Waals surface area contributed by atoms with E-state index in [-0.39, 0.29) is 16.7 Å². The van der Waals surface area contributed by atoms with Gasteiger partial charge >= 0.3 is 6.18 Å². The topological polar surface area (TPSA) is 95.0 Å². The number of nitriles is 1. The number of nitrogens with one attached hydrogen (secondary N) is 1. The smallest absolute Gasteiger partial charge is 0.351 e. The van der Waals surface area contributed by atoms with Gasteiger partial charge in [0, 0.05) is 26.2 Å². The van der Waals surface area contributed by atoms with Gasteiger partial charge in [-0.3, -0.25) is 0 Å². The molecule has 1 aliphatic rings. The van der Waals surface area contributed by atoms with E-state index >= 15 is 0 Å². The summed E-state index contributed by atoms with van der Waals surface area (Å²) in [6.07, 6.45) is -4.66. The number of rotatable bonds is 1. The van der Waals surface area contributed by atoms with Crippen molar-refractivity contribution in [3.8, 4) is 6.07 Å². The molecule has 1 aliphatic heterocycles. The van der Waals surface area contributed by atoms with Crippen molar-refractivity contribution in [2.24, 2.45) is 0 Å². The minimum Gasteiger partial charge on any atom is -0.351 e. The molecular weight excluding hydrogens is 337 g/mol. The summed E-state index contributed by atoms with van der Waals surface area (Å²) in [5.41, 5.74) is -0.891. The molecule has 3 heterocycles. The molecule has 11 heteroatoms. The standard InChI is InChI=1S/C14H11F3N8/c15-14(16,17)9-6-11-10(5-8(9)7-18)20-12(13-21-22-23-25(11)13)24-3-1-19-2-4-24/h5-6,19H,1-4H2. The number of piperazine rings is 1. The van der Waals surface area contributed by atoms with Gasteiger partial charge in [0.15, 0.2) is 5.82 Å². The van der Waals surface area contributed by atoms with Crippen LogP contribution in [0.1, 0.15) is 11.1 Å². The summed E-state index contributed by atoms with van der Waals surface area (Å²) in [6.45, 7) is 2.85. The van der Waals surface area contributed by atoms with E-state index in [1.165, 1.54) is 4.52 Å². The molecule has 3 aromatic rings. The second-order valence-corrected chi connectivity index (χ2v) is 5.58. The van der Waals surface area contributed by atoms with Crippen LogP contribution in [0.15, 0.2) is 12.1 Å². The van der Waals surface area contributed by atoms with Gasteiger partial charge in [-0.15, -0.1) is 5.10 Å². The number of nitrogens with zero attached hydrogens (tertiary/aromatic N) is 7. The second kappa shape index (κ2) is 5.52. The minimum atomic E-state index is -4.66. The Bertz CT molecular complexity index is 997. The molecule has 0 atom stereocenters. The quantitative estimate of drug-likeness (QED) is 0.700. The average molecular weight is 348 g/mol. The fourth-order valence-corrected chi connectivity index (χ4v) is 2.90. The molecule has 128 valence electrons. The van der Waals surface area contributed by atoms with Crippen LogP contribution in [0.4, 0.5) is 19.0 Å². The Morgan fingerprint density at radius 3 is 2.64 bits per heavy atom. The third-order valence-electron chi connectivity index (χ3n) is 4.08. The van der Waals surface area contributed by atoms with Gasteiger partial charge in [-0.1, -0.05) is 0 Å². The van der Waals surface area contributed by atoms with Gasteiger partial charge in [0.2, 0.25) is 5.65 Å². The van der Waals surface area contributed by atoms with Crippen LogP contribution in [-0.2, 0) is 6.18 Å². The summed E-state index contributed by atoms with van der Waals surface area (Å²) in [4.78, 5) is 6.41. The zero-order chi connectivity index (χ0) is 17.6. The third-order valence-corrected chi connectivity index (χ3v) is 4.08. The molecule has 0 bridgehead atoms. The maximum atomic E-state index is 13.2. The minimum absolute atomic E-state index is 0.102. The Kier molecular flexibility index (Phi) is 3.43. The number of hydrogen-bond donors (Lipinski definition) is 1. The highest BCUT2D eigenvalue weighted by molar-refractivity contribution is 5.84. The molecule has 1 fully saturated rings. The van der Waals surface area contributed by atoms with Crippen molar-refractivity contribution in [3.63, 3.8) is 0 Å². The van der Waals surface area contributed by atoms with E-state index in [0.717, 1.165) is 25.2 Å². The van der Waals surface area contributed by atoms with Gasteiger partial charge in [-0.2, -0.15) is 22.9 Å². The van der Waals surface area contributed by atoms with Crippen LogP contribution < -0.4 is 10.2 Å². The molecule has 0 saturated carbocycles. The number of halogens is 3. The van der Waals surface area contributed by atoms with E-state index in [0.29, 0.717) is 18.9 Å². The Morgan fingerprint density at radius 2 is 1.96 bits per heavy atom.